The standard InChI is InChI=1S/C19H28N4O4/c1-3-27-19(26)22-11-7-17(8-12-22)23(15(2)24)13-9-18(25)21-14-16-6-4-5-10-20-16/h4-6,10,17H,3,7-9,11-14H2,1-2H3,(H,21,25). The SMILES string of the molecule is CCOC(=O)N1CCC(N(CCC(=O)NCc2ccccn2)C(C)=O)CC1. The summed E-state index contributed by atoms with van der Waals surface area (Å²) < 4.78 is 5.02. The first-order valence-corrected chi connectivity index (χ1v) is 9.36. The predicted octanol–water partition coefficient (Wildman–Crippen LogP) is 1.56. The molecule has 8 heteroatoms. The Morgan fingerprint density at radius 2 is 2.04 bits per heavy atom. The monoisotopic (exact) mass is 376 g/mol. The maximum atomic E-state index is 12.1. The van der Waals surface area contributed by atoms with E-state index in [1.165, 1.54) is 6.92 Å². The molecule has 2 rings (SSSR count). The van der Waals surface area contributed by atoms with Gasteiger partial charge in [0, 0.05) is 45.2 Å². The van der Waals surface area contributed by atoms with Crippen molar-refractivity contribution < 1.29 is 19.1 Å². The van der Waals surface area contributed by atoms with Crippen LogP contribution in [-0.4, -0.2) is 65.0 Å². The Morgan fingerprint density at radius 3 is 2.63 bits per heavy atom. The molecule has 8 nitrogen and oxygen atoms in total. The third-order valence-electron chi connectivity index (χ3n) is 4.61. The van der Waals surface area contributed by atoms with Gasteiger partial charge in [0.2, 0.25) is 11.8 Å². The Kier molecular flexibility index (Phi) is 8.03. The molecule has 0 spiro atoms. The van der Waals surface area contributed by atoms with Crippen molar-refractivity contribution >= 4 is 17.9 Å². The van der Waals surface area contributed by atoms with Gasteiger partial charge < -0.3 is 19.9 Å². The second kappa shape index (κ2) is 10.5. The van der Waals surface area contributed by atoms with Gasteiger partial charge in [-0.05, 0) is 31.9 Å². The quantitative estimate of drug-likeness (QED) is 0.780. The molecule has 1 N–H and O–H groups in total. The number of hydrogen-bond acceptors (Lipinski definition) is 5. The first-order chi connectivity index (χ1) is 13.0. The van der Waals surface area contributed by atoms with Crippen LogP contribution in [-0.2, 0) is 20.9 Å². The maximum Gasteiger partial charge on any atom is 0.409 e. The van der Waals surface area contributed by atoms with Crippen molar-refractivity contribution in [1.82, 2.24) is 20.1 Å². The first kappa shape index (κ1) is 20.7. The van der Waals surface area contributed by atoms with Crippen LogP contribution in [0.2, 0.25) is 0 Å². The Balaban J connectivity index is 1.77. The fourth-order valence-electron chi connectivity index (χ4n) is 3.17. The van der Waals surface area contributed by atoms with Crippen LogP contribution in [0.3, 0.4) is 0 Å². The summed E-state index contributed by atoms with van der Waals surface area (Å²) in [6.45, 7) is 5.50. The lowest BCUT2D eigenvalue weighted by atomic mass is 10.0. The molecule has 27 heavy (non-hydrogen) atoms. The van der Waals surface area contributed by atoms with E-state index in [-0.39, 0.29) is 30.4 Å². The molecule has 0 aliphatic carbocycles. The van der Waals surface area contributed by atoms with E-state index in [1.807, 2.05) is 18.2 Å². The Bertz CT molecular complexity index is 630. The number of amides is 3. The fraction of sp³-hybridized carbons (Fsp3) is 0.579. The molecule has 3 amide bonds. The molecule has 148 valence electrons. The molecule has 0 atom stereocenters. The Hall–Kier alpha value is -2.64. The molecular formula is C19H28N4O4. The summed E-state index contributed by atoms with van der Waals surface area (Å²) in [5.41, 5.74) is 0.792. The summed E-state index contributed by atoms with van der Waals surface area (Å²) in [6, 6.07) is 5.58. The number of rotatable bonds is 7. The van der Waals surface area contributed by atoms with Crippen molar-refractivity contribution in [2.75, 3.05) is 26.2 Å². The Morgan fingerprint density at radius 1 is 1.30 bits per heavy atom. The van der Waals surface area contributed by atoms with Crippen molar-refractivity contribution in [2.24, 2.45) is 0 Å². The van der Waals surface area contributed by atoms with Gasteiger partial charge in [-0.2, -0.15) is 0 Å². The molecule has 0 radical (unpaired) electrons. The van der Waals surface area contributed by atoms with E-state index in [4.69, 9.17) is 4.74 Å². The van der Waals surface area contributed by atoms with Gasteiger partial charge in [-0.15, -0.1) is 0 Å². The van der Waals surface area contributed by atoms with E-state index in [9.17, 15) is 14.4 Å². The molecule has 0 unspecified atom stereocenters. The van der Waals surface area contributed by atoms with E-state index < -0.39 is 0 Å². The highest BCUT2D eigenvalue weighted by molar-refractivity contribution is 5.78. The number of carbonyl (C=O) groups excluding carboxylic acids is 3. The van der Waals surface area contributed by atoms with E-state index in [2.05, 4.69) is 10.3 Å². The third-order valence-corrected chi connectivity index (χ3v) is 4.61. The minimum Gasteiger partial charge on any atom is -0.450 e. The maximum absolute atomic E-state index is 12.1. The van der Waals surface area contributed by atoms with Crippen molar-refractivity contribution in [3.8, 4) is 0 Å². The zero-order chi connectivity index (χ0) is 19.6. The molecule has 0 aromatic carbocycles. The molecule has 1 aliphatic rings. The van der Waals surface area contributed by atoms with Crippen LogP contribution in [0.4, 0.5) is 4.79 Å². The van der Waals surface area contributed by atoms with Crippen LogP contribution in [0.25, 0.3) is 0 Å². The van der Waals surface area contributed by atoms with Crippen LogP contribution in [0.5, 0.6) is 0 Å². The molecule has 1 aromatic rings. The Labute approximate surface area is 159 Å². The number of piperidine rings is 1. The second-order valence-corrected chi connectivity index (χ2v) is 6.48. The number of pyridine rings is 1. The third kappa shape index (κ3) is 6.54. The molecular weight excluding hydrogens is 348 g/mol. The smallest absolute Gasteiger partial charge is 0.409 e. The van der Waals surface area contributed by atoms with Crippen LogP contribution < -0.4 is 5.32 Å². The lowest BCUT2D eigenvalue weighted by Crippen LogP contribution is -2.49. The van der Waals surface area contributed by atoms with Crippen molar-refractivity contribution in [2.45, 2.75) is 45.7 Å². The largest absolute Gasteiger partial charge is 0.450 e. The van der Waals surface area contributed by atoms with E-state index in [1.54, 1.807) is 22.9 Å². The molecule has 1 fully saturated rings. The van der Waals surface area contributed by atoms with Crippen LogP contribution >= 0.6 is 0 Å². The lowest BCUT2D eigenvalue weighted by molar-refractivity contribution is -0.132. The van der Waals surface area contributed by atoms with E-state index >= 15 is 0 Å². The molecule has 0 saturated carbocycles. The van der Waals surface area contributed by atoms with Crippen LogP contribution in [0.1, 0.15) is 38.8 Å². The molecule has 1 aromatic heterocycles. The number of nitrogens with zero attached hydrogens (tertiary/aromatic N) is 3. The van der Waals surface area contributed by atoms with Gasteiger partial charge in [-0.1, -0.05) is 6.07 Å². The average molecular weight is 376 g/mol. The zero-order valence-electron chi connectivity index (χ0n) is 16.0. The van der Waals surface area contributed by atoms with Gasteiger partial charge in [0.25, 0.3) is 0 Å². The average Bonchev–Trinajstić information content (AvgIpc) is 2.68. The van der Waals surface area contributed by atoms with Crippen molar-refractivity contribution in [3.63, 3.8) is 0 Å². The van der Waals surface area contributed by atoms with Gasteiger partial charge in [-0.3, -0.25) is 14.6 Å². The summed E-state index contributed by atoms with van der Waals surface area (Å²) >= 11 is 0. The van der Waals surface area contributed by atoms with Gasteiger partial charge >= 0.3 is 6.09 Å². The van der Waals surface area contributed by atoms with Gasteiger partial charge in [0.05, 0.1) is 18.8 Å². The molecule has 1 saturated heterocycles. The lowest BCUT2D eigenvalue weighted by Gasteiger charge is -2.37. The fourth-order valence-corrected chi connectivity index (χ4v) is 3.17. The summed E-state index contributed by atoms with van der Waals surface area (Å²) in [5.74, 6) is -0.169. The minimum atomic E-state index is -0.306. The highest BCUT2D eigenvalue weighted by Crippen LogP contribution is 2.18. The summed E-state index contributed by atoms with van der Waals surface area (Å²) in [6.07, 6.45) is 2.99. The summed E-state index contributed by atoms with van der Waals surface area (Å²) in [4.78, 5) is 43.5. The van der Waals surface area contributed by atoms with E-state index in [0.29, 0.717) is 45.6 Å². The summed E-state index contributed by atoms with van der Waals surface area (Å²) in [7, 11) is 0. The molecule has 2 heterocycles. The second-order valence-electron chi connectivity index (χ2n) is 6.48. The first-order valence-electron chi connectivity index (χ1n) is 9.36. The molecule has 1 aliphatic heterocycles. The zero-order valence-corrected chi connectivity index (χ0v) is 16.0. The van der Waals surface area contributed by atoms with Gasteiger partial charge in [-0.25, -0.2) is 4.79 Å². The topological polar surface area (TPSA) is 91.8 Å². The number of likely N-dealkylation sites (tertiary alicyclic amines) is 1. The minimum absolute atomic E-state index is 0.0387. The van der Waals surface area contributed by atoms with Gasteiger partial charge in [0.15, 0.2) is 0 Å². The number of nitrogens with one attached hydrogen (secondary N) is 1. The highest BCUT2D eigenvalue weighted by Gasteiger charge is 2.28. The van der Waals surface area contributed by atoms with E-state index in [0.717, 1.165) is 5.69 Å². The van der Waals surface area contributed by atoms with Crippen molar-refractivity contribution in [1.29, 1.82) is 0 Å². The number of aromatic nitrogens is 1. The highest BCUT2D eigenvalue weighted by atomic mass is 16.6. The van der Waals surface area contributed by atoms with Gasteiger partial charge in [0.1, 0.15) is 0 Å². The number of ether oxygens (including phenoxy) is 1. The van der Waals surface area contributed by atoms with Crippen LogP contribution in [0, 0.1) is 0 Å². The normalized spacial score (nSPS) is 14.5. The number of carbonyl (C=O) groups is 3. The summed E-state index contributed by atoms with van der Waals surface area (Å²) in [5, 5.41) is 2.82. The number of hydrogen-bond donors (Lipinski definition) is 1. The molecule has 0 bridgehead atoms. The van der Waals surface area contributed by atoms with Crippen LogP contribution in [0.15, 0.2) is 24.4 Å². The van der Waals surface area contributed by atoms with Crippen molar-refractivity contribution in [3.05, 3.63) is 30.1 Å². The predicted molar refractivity (Wildman–Crippen MR) is 99.7 cm³/mol.